The lowest BCUT2D eigenvalue weighted by Gasteiger charge is -2.16. The fraction of sp³-hybridized carbons (Fsp3) is 0.500. The lowest BCUT2D eigenvalue weighted by Crippen LogP contribution is -2.35. The number of hydrogen-bond acceptors (Lipinski definition) is 3. The van der Waals surface area contributed by atoms with Crippen LogP contribution in [-0.2, 0) is 6.42 Å². The minimum Gasteiger partial charge on any atom is -0.326 e. The van der Waals surface area contributed by atoms with Crippen LogP contribution in [0.15, 0.2) is 22.8 Å². The molecule has 1 heterocycles. The summed E-state index contributed by atoms with van der Waals surface area (Å²) in [6.07, 6.45) is 2.63. The molecule has 1 aromatic rings. The van der Waals surface area contributed by atoms with E-state index in [2.05, 4.69) is 25.8 Å². The highest BCUT2D eigenvalue weighted by Gasteiger charge is 2.05. The SMILES string of the molecule is CN(C)CC(N)Cc1ccc(Br)cn1. The third-order valence-electron chi connectivity index (χ3n) is 1.86. The molecule has 0 aliphatic heterocycles. The van der Waals surface area contributed by atoms with Crippen molar-refractivity contribution in [3.63, 3.8) is 0 Å². The highest BCUT2D eigenvalue weighted by molar-refractivity contribution is 9.10. The number of nitrogens with two attached hydrogens (primary N) is 1. The van der Waals surface area contributed by atoms with Gasteiger partial charge in [0.05, 0.1) is 0 Å². The van der Waals surface area contributed by atoms with Crippen molar-refractivity contribution in [2.45, 2.75) is 12.5 Å². The Hall–Kier alpha value is -0.450. The molecule has 0 aliphatic carbocycles. The van der Waals surface area contributed by atoms with Crippen LogP contribution in [0.2, 0.25) is 0 Å². The summed E-state index contributed by atoms with van der Waals surface area (Å²) in [6, 6.07) is 4.14. The zero-order valence-electron chi connectivity index (χ0n) is 8.57. The lowest BCUT2D eigenvalue weighted by atomic mass is 10.1. The zero-order valence-corrected chi connectivity index (χ0v) is 10.2. The number of nitrogens with zero attached hydrogens (tertiary/aromatic N) is 2. The summed E-state index contributed by atoms with van der Waals surface area (Å²) in [4.78, 5) is 6.37. The van der Waals surface area contributed by atoms with Gasteiger partial charge in [0.1, 0.15) is 0 Å². The van der Waals surface area contributed by atoms with Crippen LogP contribution in [0, 0.1) is 0 Å². The molecule has 0 bridgehead atoms. The molecule has 4 heteroatoms. The van der Waals surface area contributed by atoms with Crippen LogP contribution < -0.4 is 5.73 Å². The number of pyridine rings is 1. The molecule has 0 saturated carbocycles. The maximum atomic E-state index is 5.95. The molecule has 78 valence electrons. The van der Waals surface area contributed by atoms with E-state index in [0.717, 1.165) is 23.1 Å². The van der Waals surface area contributed by atoms with Crippen LogP contribution >= 0.6 is 15.9 Å². The molecule has 1 atom stereocenters. The Balaban J connectivity index is 2.47. The largest absolute Gasteiger partial charge is 0.326 e. The van der Waals surface area contributed by atoms with Crippen molar-refractivity contribution in [1.29, 1.82) is 0 Å². The lowest BCUT2D eigenvalue weighted by molar-refractivity contribution is 0.370. The first kappa shape index (κ1) is 11.6. The van der Waals surface area contributed by atoms with Crippen molar-refractivity contribution < 1.29 is 0 Å². The Labute approximate surface area is 93.4 Å². The third-order valence-corrected chi connectivity index (χ3v) is 2.33. The standard InChI is InChI=1S/C10H16BrN3/c1-14(2)7-9(12)5-10-4-3-8(11)6-13-10/h3-4,6,9H,5,7,12H2,1-2H3. The van der Waals surface area contributed by atoms with Gasteiger partial charge in [-0.15, -0.1) is 0 Å². The van der Waals surface area contributed by atoms with Gasteiger partial charge in [-0.2, -0.15) is 0 Å². The first-order valence-electron chi connectivity index (χ1n) is 4.58. The summed E-state index contributed by atoms with van der Waals surface area (Å²) in [7, 11) is 4.05. The molecule has 1 unspecified atom stereocenters. The molecule has 0 spiro atoms. The number of hydrogen-bond donors (Lipinski definition) is 1. The van der Waals surface area contributed by atoms with Gasteiger partial charge in [0.15, 0.2) is 0 Å². The average molecular weight is 258 g/mol. The van der Waals surface area contributed by atoms with Crippen LogP contribution in [0.3, 0.4) is 0 Å². The van der Waals surface area contributed by atoms with Gasteiger partial charge in [-0.25, -0.2) is 0 Å². The summed E-state index contributed by atoms with van der Waals surface area (Å²) in [5.41, 5.74) is 7.00. The Morgan fingerprint density at radius 1 is 1.50 bits per heavy atom. The number of likely N-dealkylation sites (N-methyl/N-ethyl adjacent to an activating group) is 1. The molecule has 14 heavy (non-hydrogen) atoms. The van der Waals surface area contributed by atoms with E-state index in [0.29, 0.717) is 0 Å². The van der Waals surface area contributed by atoms with Gasteiger partial charge < -0.3 is 10.6 Å². The summed E-state index contributed by atoms with van der Waals surface area (Å²) in [5, 5.41) is 0. The second-order valence-electron chi connectivity index (χ2n) is 3.69. The van der Waals surface area contributed by atoms with E-state index >= 15 is 0 Å². The normalized spacial score (nSPS) is 13.2. The zero-order chi connectivity index (χ0) is 10.6. The van der Waals surface area contributed by atoms with Gasteiger partial charge in [-0.3, -0.25) is 4.98 Å². The van der Waals surface area contributed by atoms with Crippen LogP contribution in [0.1, 0.15) is 5.69 Å². The molecule has 1 aromatic heterocycles. The van der Waals surface area contributed by atoms with Gasteiger partial charge in [-0.1, -0.05) is 0 Å². The quantitative estimate of drug-likeness (QED) is 0.884. The van der Waals surface area contributed by atoms with Crippen molar-refractivity contribution in [1.82, 2.24) is 9.88 Å². The van der Waals surface area contributed by atoms with E-state index in [-0.39, 0.29) is 6.04 Å². The van der Waals surface area contributed by atoms with Gasteiger partial charge in [-0.05, 0) is 42.2 Å². The van der Waals surface area contributed by atoms with E-state index in [1.54, 1.807) is 6.20 Å². The molecule has 0 amide bonds. The van der Waals surface area contributed by atoms with Crippen molar-refractivity contribution in [3.8, 4) is 0 Å². The average Bonchev–Trinajstić information content (AvgIpc) is 2.07. The van der Waals surface area contributed by atoms with Crippen molar-refractivity contribution in [2.24, 2.45) is 5.73 Å². The monoisotopic (exact) mass is 257 g/mol. The summed E-state index contributed by atoms with van der Waals surface area (Å²) in [6.45, 7) is 0.887. The van der Waals surface area contributed by atoms with E-state index in [9.17, 15) is 0 Å². The number of halogens is 1. The van der Waals surface area contributed by atoms with Crippen LogP contribution in [0.25, 0.3) is 0 Å². The predicted octanol–water partition coefficient (Wildman–Crippen LogP) is 1.28. The van der Waals surface area contributed by atoms with Crippen LogP contribution in [0.5, 0.6) is 0 Å². The summed E-state index contributed by atoms with van der Waals surface area (Å²) >= 11 is 3.35. The molecule has 1 rings (SSSR count). The van der Waals surface area contributed by atoms with Gasteiger partial charge >= 0.3 is 0 Å². The van der Waals surface area contributed by atoms with E-state index < -0.39 is 0 Å². The van der Waals surface area contributed by atoms with Crippen molar-refractivity contribution >= 4 is 15.9 Å². The second kappa shape index (κ2) is 5.44. The Kier molecular flexibility index (Phi) is 4.51. The number of rotatable bonds is 4. The smallest absolute Gasteiger partial charge is 0.0420 e. The van der Waals surface area contributed by atoms with Crippen LogP contribution in [0.4, 0.5) is 0 Å². The Bertz CT molecular complexity index is 271. The minimum atomic E-state index is 0.152. The van der Waals surface area contributed by atoms with E-state index in [1.165, 1.54) is 0 Å². The first-order chi connectivity index (χ1) is 6.58. The number of aromatic nitrogens is 1. The third kappa shape index (κ3) is 4.17. The molecule has 0 aromatic carbocycles. The molecular formula is C10H16BrN3. The highest BCUT2D eigenvalue weighted by Crippen LogP contribution is 2.08. The molecule has 3 nitrogen and oxygen atoms in total. The Morgan fingerprint density at radius 2 is 2.21 bits per heavy atom. The highest BCUT2D eigenvalue weighted by atomic mass is 79.9. The van der Waals surface area contributed by atoms with Crippen molar-refractivity contribution in [2.75, 3.05) is 20.6 Å². The topological polar surface area (TPSA) is 42.1 Å². The molecule has 0 saturated heterocycles. The molecule has 0 aliphatic rings. The molecular weight excluding hydrogens is 242 g/mol. The van der Waals surface area contributed by atoms with Gasteiger partial charge in [0.2, 0.25) is 0 Å². The fourth-order valence-corrected chi connectivity index (χ4v) is 1.56. The van der Waals surface area contributed by atoms with Gasteiger partial charge in [0, 0.05) is 35.4 Å². The fourth-order valence-electron chi connectivity index (χ4n) is 1.33. The van der Waals surface area contributed by atoms with Crippen LogP contribution in [-0.4, -0.2) is 36.6 Å². The Morgan fingerprint density at radius 3 is 2.71 bits per heavy atom. The van der Waals surface area contributed by atoms with Gasteiger partial charge in [0.25, 0.3) is 0 Å². The predicted molar refractivity (Wildman–Crippen MR) is 62.2 cm³/mol. The summed E-state index contributed by atoms with van der Waals surface area (Å²) in [5.74, 6) is 0. The maximum absolute atomic E-state index is 5.95. The molecule has 0 radical (unpaired) electrons. The van der Waals surface area contributed by atoms with Crippen molar-refractivity contribution in [3.05, 3.63) is 28.5 Å². The second-order valence-corrected chi connectivity index (χ2v) is 4.61. The van der Waals surface area contributed by atoms with E-state index in [1.807, 2.05) is 26.2 Å². The molecule has 2 N–H and O–H groups in total. The maximum Gasteiger partial charge on any atom is 0.0420 e. The van der Waals surface area contributed by atoms with E-state index in [4.69, 9.17) is 5.73 Å². The first-order valence-corrected chi connectivity index (χ1v) is 5.38. The minimum absolute atomic E-state index is 0.152. The summed E-state index contributed by atoms with van der Waals surface area (Å²) < 4.78 is 1.00. The molecule has 0 fully saturated rings.